The number of halogens is 1. The van der Waals surface area contributed by atoms with Crippen molar-refractivity contribution in [1.29, 1.82) is 0 Å². The van der Waals surface area contributed by atoms with Crippen LogP contribution in [0.3, 0.4) is 0 Å². The van der Waals surface area contributed by atoms with Gasteiger partial charge in [-0.1, -0.05) is 12.1 Å². The zero-order chi connectivity index (χ0) is 22.1. The second-order valence-corrected chi connectivity index (χ2v) is 10.3. The van der Waals surface area contributed by atoms with Crippen molar-refractivity contribution in [3.05, 3.63) is 51.1 Å². The number of ether oxygens (including phenoxy) is 3. The summed E-state index contributed by atoms with van der Waals surface area (Å²) in [5, 5.41) is 4.03. The van der Waals surface area contributed by atoms with E-state index in [1.807, 2.05) is 61.6 Å². The number of hydrazone groups is 1. The van der Waals surface area contributed by atoms with Crippen LogP contribution in [-0.4, -0.2) is 43.4 Å². The van der Waals surface area contributed by atoms with Gasteiger partial charge in [-0.15, -0.1) is 23.5 Å². The number of benzene rings is 2. The molecule has 1 N–H and O–H groups in total. The summed E-state index contributed by atoms with van der Waals surface area (Å²) in [7, 11) is 0. The maximum atomic E-state index is 12.1. The topological polar surface area (TPSA) is 69.2 Å². The molecule has 1 aliphatic rings. The minimum Gasteiger partial charge on any atom is -0.490 e. The third-order valence-electron chi connectivity index (χ3n) is 4.17. The van der Waals surface area contributed by atoms with Gasteiger partial charge in [0.15, 0.2) is 18.1 Å². The predicted octanol–water partition coefficient (Wildman–Crippen LogP) is 5.10. The number of hydrogen-bond acceptors (Lipinski definition) is 7. The van der Waals surface area contributed by atoms with Crippen LogP contribution in [0.2, 0.25) is 0 Å². The van der Waals surface area contributed by atoms with Gasteiger partial charge in [0.2, 0.25) is 0 Å². The molecule has 0 atom stereocenters. The maximum Gasteiger partial charge on any atom is 0.277 e. The highest BCUT2D eigenvalue weighted by Gasteiger charge is 2.18. The van der Waals surface area contributed by atoms with E-state index in [9.17, 15) is 4.79 Å². The van der Waals surface area contributed by atoms with Crippen LogP contribution in [0.4, 0.5) is 0 Å². The molecule has 1 fully saturated rings. The zero-order valence-corrected chi connectivity index (χ0v) is 21.2. The van der Waals surface area contributed by atoms with Crippen molar-refractivity contribution in [2.75, 3.05) is 31.3 Å². The Hall–Kier alpha value is -1.59. The first-order valence-electron chi connectivity index (χ1n) is 9.97. The summed E-state index contributed by atoms with van der Waals surface area (Å²) in [5.41, 5.74) is 4.58. The molecule has 0 aliphatic carbocycles. The van der Waals surface area contributed by atoms with E-state index in [1.54, 1.807) is 6.21 Å². The third-order valence-corrected chi connectivity index (χ3v) is 8.07. The van der Waals surface area contributed by atoms with E-state index in [2.05, 4.69) is 45.3 Å². The lowest BCUT2D eigenvalue weighted by atomic mass is 10.2. The molecular weight excluding hydrogens is 547 g/mol. The molecule has 1 heterocycles. The molecule has 1 aliphatic heterocycles. The second-order valence-electron chi connectivity index (χ2n) is 6.42. The number of thioether (sulfide) groups is 2. The smallest absolute Gasteiger partial charge is 0.277 e. The van der Waals surface area contributed by atoms with E-state index < -0.39 is 0 Å². The first-order valence-corrected chi connectivity index (χ1v) is 13.1. The molecule has 0 saturated carbocycles. The Balaban J connectivity index is 1.51. The van der Waals surface area contributed by atoms with Crippen molar-refractivity contribution in [2.45, 2.75) is 18.4 Å². The minimum absolute atomic E-state index is 0.103. The molecule has 31 heavy (non-hydrogen) atoms. The molecule has 0 unspecified atom stereocenters. The van der Waals surface area contributed by atoms with E-state index in [4.69, 9.17) is 14.2 Å². The molecule has 9 heteroatoms. The molecule has 0 radical (unpaired) electrons. The van der Waals surface area contributed by atoms with Crippen molar-refractivity contribution < 1.29 is 19.0 Å². The van der Waals surface area contributed by atoms with Crippen molar-refractivity contribution in [3.8, 4) is 17.2 Å². The van der Waals surface area contributed by atoms with Gasteiger partial charge in [0, 0.05) is 11.5 Å². The number of carbonyl (C=O) groups excluding carboxylic acids is 1. The Morgan fingerprint density at radius 1 is 1.13 bits per heavy atom. The van der Waals surface area contributed by atoms with Gasteiger partial charge in [0.25, 0.3) is 5.91 Å². The lowest BCUT2D eigenvalue weighted by molar-refractivity contribution is -0.123. The lowest BCUT2D eigenvalue weighted by Crippen LogP contribution is -2.24. The molecule has 166 valence electrons. The van der Waals surface area contributed by atoms with Crippen LogP contribution in [0.1, 0.15) is 29.6 Å². The molecule has 2 aromatic carbocycles. The average Bonchev–Trinajstić information content (AvgIpc) is 3.30. The van der Waals surface area contributed by atoms with Crippen LogP contribution in [0.25, 0.3) is 0 Å². The number of amides is 1. The Kier molecular flexibility index (Phi) is 9.66. The largest absolute Gasteiger partial charge is 0.490 e. The third kappa shape index (κ3) is 7.21. The maximum absolute atomic E-state index is 12.1. The molecular formula is C22H25IN2O4S2. The van der Waals surface area contributed by atoms with Crippen LogP contribution < -0.4 is 19.6 Å². The van der Waals surface area contributed by atoms with Gasteiger partial charge in [-0.25, -0.2) is 5.43 Å². The van der Waals surface area contributed by atoms with E-state index in [1.165, 1.54) is 17.1 Å². The van der Waals surface area contributed by atoms with Gasteiger partial charge in [-0.05, 0) is 71.8 Å². The zero-order valence-electron chi connectivity index (χ0n) is 17.4. The van der Waals surface area contributed by atoms with Crippen LogP contribution in [0.5, 0.6) is 17.2 Å². The van der Waals surface area contributed by atoms with Crippen molar-refractivity contribution in [3.63, 3.8) is 0 Å². The van der Waals surface area contributed by atoms with Crippen LogP contribution in [-0.2, 0) is 4.79 Å². The summed E-state index contributed by atoms with van der Waals surface area (Å²) < 4.78 is 18.3. The fourth-order valence-corrected chi connectivity index (χ4v) is 6.48. The number of carbonyl (C=O) groups is 1. The van der Waals surface area contributed by atoms with Crippen LogP contribution in [0.15, 0.2) is 41.5 Å². The lowest BCUT2D eigenvalue weighted by Gasteiger charge is -2.13. The Bertz CT molecular complexity index is 903. The normalized spacial score (nSPS) is 14.0. The molecule has 1 amide bonds. The Morgan fingerprint density at radius 3 is 2.52 bits per heavy atom. The van der Waals surface area contributed by atoms with Gasteiger partial charge < -0.3 is 14.2 Å². The van der Waals surface area contributed by atoms with E-state index in [0.29, 0.717) is 29.3 Å². The van der Waals surface area contributed by atoms with Crippen molar-refractivity contribution in [2.24, 2.45) is 5.10 Å². The van der Waals surface area contributed by atoms with Gasteiger partial charge in [-0.2, -0.15) is 5.10 Å². The molecule has 1 saturated heterocycles. The summed E-state index contributed by atoms with van der Waals surface area (Å²) >= 11 is 6.12. The van der Waals surface area contributed by atoms with Crippen molar-refractivity contribution in [1.82, 2.24) is 5.43 Å². The summed E-state index contributed by atoms with van der Waals surface area (Å²) in [5.74, 6) is 4.10. The van der Waals surface area contributed by atoms with E-state index in [0.717, 1.165) is 14.9 Å². The average molecular weight is 572 g/mol. The standard InChI is InChI=1S/C22H25IN2O4S2/c1-3-27-19-12-15(11-18(23)21(19)28-4-2)13-24-25-20(26)14-29-17-7-5-16(6-8-17)22-30-9-10-31-22/h5-8,11-13,22H,3-4,9-10,14H2,1-2H3,(H,25,26)/b24-13-. The first-order chi connectivity index (χ1) is 15.1. The fraction of sp³-hybridized carbons (Fsp3) is 0.364. The van der Waals surface area contributed by atoms with Crippen molar-refractivity contribution >= 4 is 58.2 Å². The number of nitrogens with one attached hydrogen (secondary N) is 1. The highest BCUT2D eigenvalue weighted by atomic mass is 127. The van der Waals surface area contributed by atoms with Gasteiger partial charge in [0.1, 0.15) is 5.75 Å². The summed E-state index contributed by atoms with van der Waals surface area (Å²) in [6.45, 7) is 4.84. The van der Waals surface area contributed by atoms with Crippen LogP contribution in [0, 0.1) is 3.57 Å². The highest BCUT2D eigenvalue weighted by Crippen LogP contribution is 2.45. The Labute approximate surface area is 205 Å². The van der Waals surface area contributed by atoms with E-state index >= 15 is 0 Å². The first kappa shape index (κ1) is 24.1. The summed E-state index contributed by atoms with van der Waals surface area (Å²) in [4.78, 5) is 12.1. The Morgan fingerprint density at radius 2 is 1.84 bits per heavy atom. The molecule has 2 aromatic rings. The van der Waals surface area contributed by atoms with Crippen LogP contribution >= 0.6 is 46.1 Å². The van der Waals surface area contributed by atoms with Gasteiger partial charge in [-0.3, -0.25) is 4.79 Å². The van der Waals surface area contributed by atoms with Gasteiger partial charge in [0.05, 0.1) is 27.6 Å². The molecule has 3 rings (SSSR count). The second kappa shape index (κ2) is 12.4. The molecule has 6 nitrogen and oxygen atoms in total. The predicted molar refractivity (Wildman–Crippen MR) is 137 cm³/mol. The molecule has 0 bridgehead atoms. The molecule has 0 aromatic heterocycles. The fourth-order valence-electron chi connectivity index (χ4n) is 2.84. The number of hydrogen-bond donors (Lipinski definition) is 1. The summed E-state index contributed by atoms with van der Waals surface area (Å²) in [6, 6.07) is 11.7. The minimum atomic E-state index is -0.326. The monoisotopic (exact) mass is 572 g/mol. The number of nitrogens with zero attached hydrogens (tertiary/aromatic N) is 1. The highest BCUT2D eigenvalue weighted by molar-refractivity contribution is 14.1. The SMILES string of the molecule is CCOc1cc(/C=N\NC(=O)COc2ccc(C3SCCS3)cc2)cc(I)c1OCC. The number of rotatable bonds is 10. The quantitative estimate of drug-likeness (QED) is 0.243. The van der Waals surface area contributed by atoms with E-state index in [-0.39, 0.29) is 12.5 Å². The molecule has 0 spiro atoms. The summed E-state index contributed by atoms with van der Waals surface area (Å²) in [6.07, 6.45) is 1.57. The van der Waals surface area contributed by atoms with Gasteiger partial charge >= 0.3 is 0 Å².